The van der Waals surface area contributed by atoms with Crippen LogP contribution in [0.2, 0.25) is 0 Å². The number of nitrogens with one attached hydrogen (secondary N) is 1. The summed E-state index contributed by atoms with van der Waals surface area (Å²) in [4.78, 5) is 41.5. The smallest absolute Gasteiger partial charge is 0.233 e. The lowest BCUT2D eigenvalue weighted by atomic mass is 10.0. The molecule has 3 rings (SSSR count). The largest absolute Gasteiger partial charge is 0.341 e. The molecule has 1 aromatic rings. The predicted molar refractivity (Wildman–Crippen MR) is 113 cm³/mol. The maximum atomic E-state index is 13.0. The average molecular weight is 400 g/mol. The van der Waals surface area contributed by atoms with E-state index in [4.69, 9.17) is 0 Å². The summed E-state index contributed by atoms with van der Waals surface area (Å²) in [6.45, 7) is 12.8. The molecule has 0 spiro atoms. The second-order valence-electron chi connectivity index (χ2n) is 9.53. The van der Waals surface area contributed by atoms with Crippen molar-refractivity contribution in [2.24, 2.45) is 16.7 Å². The Labute approximate surface area is 173 Å². The van der Waals surface area contributed by atoms with Gasteiger partial charge < -0.3 is 15.1 Å². The van der Waals surface area contributed by atoms with Gasteiger partial charge in [-0.25, -0.2) is 0 Å². The monoisotopic (exact) mass is 399 g/mol. The van der Waals surface area contributed by atoms with Crippen LogP contribution in [0.3, 0.4) is 0 Å². The van der Waals surface area contributed by atoms with Crippen molar-refractivity contribution in [1.82, 2.24) is 9.80 Å². The Kier molecular flexibility index (Phi) is 5.74. The van der Waals surface area contributed by atoms with Crippen LogP contribution >= 0.6 is 0 Å². The van der Waals surface area contributed by atoms with Crippen LogP contribution in [-0.2, 0) is 14.4 Å². The van der Waals surface area contributed by atoms with E-state index in [1.807, 2.05) is 36.1 Å². The van der Waals surface area contributed by atoms with E-state index in [1.54, 1.807) is 4.90 Å². The molecule has 0 bridgehead atoms. The first-order valence-electron chi connectivity index (χ1n) is 10.5. The molecule has 1 aromatic carbocycles. The third-order valence-corrected chi connectivity index (χ3v) is 7.04. The summed E-state index contributed by atoms with van der Waals surface area (Å²) in [7, 11) is 0. The van der Waals surface area contributed by atoms with Crippen LogP contribution in [0.4, 0.5) is 5.69 Å². The predicted octanol–water partition coefficient (Wildman–Crippen LogP) is 3.07. The fraction of sp³-hybridized carbons (Fsp3) is 0.609. The molecule has 6 nitrogen and oxygen atoms in total. The number of rotatable bonds is 4. The molecule has 158 valence electrons. The highest BCUT2D eigenvalue weighted by molar-refractivity contribution is 6.03. The molecule has 6 heteroatoms. The normalized spacial score (nSPS) is 20.7. The number of carbonyl (C=O) groups is 3. The van der Waals surface area contributed by atoms with E-state index in [0.29, 0.717) is 31.9 Å². The van der Waals surface area contributed by atoms with E-state index in [0.717, 1.165) is 12.0 Å². The third kappa shape index (κ3) is 4.31. The molecule has 0 unspecified atom stereocenters. The van der Waals surface area contributed by atoms with E-state index < -0.39 is 0 Å². The van der Waals surface area contributed by atoms with Gasteiger partial charge in [-0.3, -0.25) is 14.4 Å². The van der Waals surface area contributed by atoms with Crippen molar-refractivity contribution in [2.45, 2.75) is 47.5 Å². The van der Waals surface area contributed by atoms with E-state index in [2.05, 4.69) is 33.0 Å². The number of aryl methyl sites for hydroxylation is 1. The molecule has 1 saturated carbocycles. The van der Waals surface area contributed by atoms with Gasteiger partial charge in [0, 0.05) is 37.8 Å². The molecule has 1 aliphatic carbocycles. The van der Waals surface area contributed by atoms with Crippen molar-refractivity contribution in [3.05, 3.63) is 29.8 Å². The van der Waals surface area contributed by atoms with Crippen LogP contribution in [0.5, 0.6) is 0 Å². The summed E-state index contributed by atoms with van der Waals surface area (Å²) in [5.74, 6) is -0.250. The maximum Gasteiger partial charge on any atom is 0.233 e. The zero-order chi connectivity index (χ0) is 21.4. The second kappa shape index (κ2) is 7.81. The Morgan fingerprint density at radius 2 is 1.62 bits per heavy atom. The molecular formula is C23H33N3O3. The van der Waals surface area contributed by atoms with Gasteiger partial charge in [-0.1, -0.05) is 39.8 Å². The molecule has 1 heterocycles. The SMILES string of the molecule is Cc1cccc(NC(=O)CC(=O)N2CCCN(C(=O)C3C(C)(C)C3(C)C)CC2)c1. The number of hydrogen-bond donors (Lipinski definition) is 1. The van der Waals surface area contributed by atoms with Gasteiger partial charge in [-0.05, 0) is 41.9 Å². The van der Waals surface area contributed by atoms with Gasteiger partial charge in [0.2, 0.25) is 17.7 Å². The van der Waals surface area contributed by atoms with E-state index >= 15 is 0 Å². The van der Waals surface area contributed by atoms with Crippen molar-refractivity contribution in [1.29, 1.82) is 0 Å². The Hall–Kier alpha value is -2.37. The number of nitrogens with zero attached hydrogens (tertiary/aromatic N) is 2. The summed E-state index contributed by atoms with van der Waals surface area (Å²) in [5.41, 5.74) is 1.78. The zero-order valence-electron chi connectivity index (χ0n) is 18.2. The van der Waals surface area contributed by atoms with E-state index in [9.17, 15) is 14.4 Å². The van der Waals surface area contributed by atoms with Gasteiger partial charge in [0.25, 0.3) is 0 Å². The standard InChI is InChI=1S/C23H33N3O3/c1-16-8-6-9-17(14-16)24-18(27)15-19(28)25-10-7-11-26(13-12-25)21(29)20-22(2,3)23(20,4)5/h6,8-9,14,20H,7,10-13,15H2,1-5H3,(H,24,27). The van der Waals surface area contributed by atoms with Crippen LogP contribution in [0, 0.1) is 23.7 Å². The lowest BCUT2D eigenvalue weighted by molar-refractivity contribution is -0.136. The molecule has 29 heavy (non-hydrogen) atoms. The van der Waals surface area contributed by atoms with Gasteiger partial charge >= 0.3 is 0 Å². The van der Waals surface area contributed by atoms with Crippen LogP contribution in [0.1, 0.15) is 46.1 Å². The summed E-state index contributed by atoms with van der Waals surface area (Å²) in [5, 5.41) is 2.79. The highest BCUT2D eigenvalue weighted by Gasteiger charge is 2.68. The van der Waals surface area contributed by atoms with Gasteiger partial charge in [0.1, 0.15) is 6.42 Å². The first-order valence-corrected chi connectivity index (χ1v) is 10.5. The van der Waals surface area contributed by atoms with E-state index in [-0.39, 0.29) is 40.9 Å². The van der Waals surface area contributed by atoms with Crippen molar-refractivity contribution < 1.29 is 14.4 Å². The molecule has 1 N–H and O–H groups in total. The van der Waals surface area contributed by atoms with Crippen molar-refractivity contribution >= 4 is 23.4 Å². The van der Waals surface area contributed by atoms with Crippen LogP contribution in [0.25, 0.3) is 0 Å². The molecule has 3 amide bonds. The third-order valence-electron chi connectivity index (χ3n) is 7.04. The minimum Gasteiger partial charge on any atom is -0.341 e. The highest BCUT2D eigenvalue weighted by atomic mass is 16.2. The number of hydrogen-bond acceptors (Lipinski definition) is 3. The first kappa shape index (κ1) is 21.3. The molecule has 0 radical (unpaired) electrons. The molecule has 1 aliphatic heterocycles. The number of amides is 3. The van der Waals surface area contributed by atoms with Gasteiger partial charge in [-0.2, -0.15) is 0 Å². The van der Waals surface area contributed by atoms with Crippen LogP contribution in [-0.4, -0.2) is 53.7 Å². The Morgan fingerprint density at radius 3 is 2.24 bits per heavy atom. The fourth-order valence-corrected chi connectivity index (χ4v) is 4.56. The molecule has 0 atom stereocenters. The molecule has 2 fully saturated rings. The summed E-state index contributed by atoms with van der Waals surface area (Å²) in [6.07, 6.45) is 0.565. The van der Waals surface area contributed by atoms with Crippen molar-refractivity contribution in [2.75, 3.05) is 31.5 Å². The minimum atomic E-state index is -0.306. The number of benzene rings is 1. The molecule has 1 saturated heterocycles. The number of carbonyl (C=O) groups excluding carboxylic acids is 3. The quantitative estimate of drug-likeness (QED) is 0.791. The summed E-state index contributed by atoms with van der Waals surface area (Å²) >= 11 is 0. The minimum absolute atomic E-state index is 0.0137. The zero-order valence-corrected chi connectivity index (χ0v) is 18.2. The van der Waals surface area contributed by atoms with E-state index in [1.165, 1.54) is 0 Å². The van der Waals surface area contributed by atoms with Crippen molar-refractivity contribution in [3.63, 3.8) is 0 Å². The molecule has 2 aliphatic rings. The summed E-state index contributed by atoms with van der Waals surface area (Å²) in [6, 6.07) is 7.51. The molecular weight excluding hydrogens is 366 g/mol. The fourth-order valence-electron chi connectivity index (χ4n) is 4.56. The topological polar surface area (TPSA) is 69.7 Å². The average Bonchev–Trinajstić information content (AvgIpc) is 3.16. The van der Waals surface area contributed by atoms with Gasteiger partial charge in [0.15, 0.2) is 0 Å². The van der Waals surface area contributed by atoms with Crippen LogP contribution < -0.4 is 5.32 Å². The number of anilines is 1. The second-order valence-corrected chi connectivity index (χ2v) is 9.53. The molecule has 0 aromatic heterocycles. The lowest BCUT2D eigenvalue weighted by Crippen LogP contribution is -2.39. The van der Waals surface area contributed by atoms with Crippen LogP contribution in [0.15, 0.2) is 24.3 Å². The Morgan fingerprint density at radius 1 is 1.00 bits per heavy atom. The maximum absolute atomic E-state index is 13.0. The first-order chi connectivity index (χ1) is 13.5. The Balaban J connectivity index is 1.52. The van der Waals surface area contributed by atoms with Crippen molar-refractivity contribution in [3.8, 4) is 0 Å². The Bertz CT molecular complexity index is 801. The highest BCUT2D eigenvalue weighted by Crippen LogP contribution is 2.68. The summed E-state index contributed by atoms with van der Waals surface area (Å²) < 4.78 is 0. The lowest BCUT2D eigenvalue weighted by Gasteiger charge is -2.23. The van der Waals surface area contributed by atoms with Gasteiger partial charge in [0.05, 0.1) is 0 Å². The van der Waals surface area contributed by atoms with Gasteiger partial charge in [-0.15, -0.1) is 0 Å².